The Labute approximate surface area is 118 Å². The Morgan fingerprint density at radius 1 is 1.40 bits per heavy atom. The first-order chi connectivity index (χ1) is 9.45. The van der Waals surface area contributed by atoms with E-state index >= 15 is 0 Å². The zero-order valence-electron chi connectivity index (χ0n) is 11.8. The van der Waals surface area contributed by atoms with Gasteiger partial charge in [-0.1, -0.05) is 6.07 Å². The molecule has 0 atom stereocenters. The molecule has 1 aliphatic rings. The summed E-state index contributed by atoms with van der Waals surface area (Å²) in [7, 11) is 1.77. The zero-order valence-corrected chi connectivity index (χ0v) is 11.8. The fourth-order valence-corrected chi connectivity index (χ4v) is 2.13. The van der Waals surface area contributed by atoms with Crippen LogP contribution in [0, 0.1) is 6.92 Å². The molecule has 0 saturated carbocycles. The fourth-order valence-electron chi connectivity index (χ4n) is 2.13. The molecule has 108 valence electrons. The second kappa shape index (κ2) is 5.92. The number of carbonyl (C=O) groups is 2. The van der Waals surface area contributed by atoms with Crippen LogP contribution in [0.1, 0.15) is 5.56 Å². The summed E-state index contributed by atoms with van der Waals surface area (Å²) in [6, 6.07) is 5.50. The first kappa shape index (κ1) is 14.3. The van der Waals surface area contributed by atoms with E-state index in [4.69, 9.17) is 5.73 Å². The molecule has 6 heteroatoms. The van der Waals surface area contributed by atoms with Crippen LogP contribution in [-0.2, 0) is 9.59 Å². The molecule has 2 rings (SSSR count). The smallest absolute Gasteiger partial charge is 0.238 e. The van der Waals surface area contributed by atoms with Gasteiger partial charge in [0, 0.05) is 20.1 Å². The first-order valence-corrected chi connectivity index (χ1v) is 6.58. The van der Waals surface area contributed by atoms with Gasteiger partial charge < -0.3 is 16.0 Å². The van der Waals surface area contributed by atoms with Crippen LogP contribution in [0.2, 0.25) is 0 Å². The number of likely N-dealkylation sites (N-methyl/N-ethyl adjacent to an activating group) is 1. The second-order valence-corrected chi connectivity index (χ2v) is 5.16. The van der Waals surface area contributed by atoms with E-state index < -0.39 is 0 Å². The third-order valence-electron chi connectivity index (χ3n) is 3.38. The summed E-state index contributed by atoms with van der Waals surface area (Å²) in [5.74, 6) is -0.114. The minimum absolute atomic E-state index is 0.0406. The van der Waals surface area contributed by atoms with Crippen molar-refractivity contribution >= 4 is 23.2 Å². The Hall–Kier alpha value is -2.08. The zero-order chi connectivity index (χ0) is 14.7. The van der Waals surface area contributed by atoms with Crippen LogP contribution < -0.4 is 11.1 Å². The molecule has 3 N–H and O–H groups in total. The Morgan fingerprint density at radius 2 is 2.15 bits per heavy atom. The highest BCUT2D eigenvalue weighted by molar-refractivity contribution is 5.95. The van der Waals surface area contributed by atoms with Gasteiger partial charge in [-0.05, 0) is 24.6 Å². The number of aryl methyl sites for hydroxylation is 1. The summed E-state index contributed by atoms with van der Waals surface area (Å²) in [6.45, 7) is 3.79. The summed E-state index contributed by atoms with van der Waals surface area (Å²) in [5, 5.41) is 2.78. The predicted molar refractivity (Wildman–Crippen MR) is 78.3 cm³/mol. The van der Waals surface area contributed by atoms with Crippen molar-refractivity contribution in [3.8, 4) is 0 Å². The molecule has 1 aromatic rings. The molecule has 0 unspecified atom stereocenters. The predicted octanol–water partition coefficient (Wildman–Crippen LogP) is 0.290. The van der Waals surface area contributed by atoms with Gasteiger partial charge >= 0.3 is 0 Å². The Kier molecular flexibility index (Phi) is 4.24. The summed E-state index contributed by atoms with van der Waals surface area (Å²) >= 11 is 0. The number of hydrogen-bond donors (Lipinski definition) is 2. The van der Waals surface area contributed by atoms with Gasteiger partial charge in [-0.25, -0.2) is 0 Å². The molecule has 0 spiro atoms. The summed E-state index contributed by atoms with van der Waals surface area (Å²) in [4.78, 5) is 27.0. The molecular formula is C14H20N4O2. The highest BCUT2D eigenvalue weighted by Crippen LogP contribution is 2.19. The van der Waals surface area contributed by atoms with E-state index in [2.05, 4.69) is 5.32 Å². The van der Waals surface area contributed by atoms with E-state index in [0.29, 0.717) is 24.5 Å². The van der Waals surface area contributed by atoms with E-state index in [0.717, 1.165) is 5.56 Å². The monoisotopic (exact) mass is 276 g/mol. The first-order valence-electron chi connectivity index (χ1n) is 6.58. The van der Waals surface area contributed by atoms with E-state index in [9.17, 15) is 9.59 Å². The van der Waals surface area contributed by atoms with Gasteiger partial charge in [-0.3, -0.25) is 14.5 Å². The van der Waals surface area contributed by atoms with Crippen LogP contribution in [0.25, 0.3) is 0 Å². The topological polar surface area (TPSA) is 78.7 Å². The van der Waals surface area contributed by atoms with Crippen LogP contribution >= 0.6 is 0 Å². The lowest BCUT2D eigenvalue weighted by molar-refractivity contribution is -0.135. The summed E-state index contributed by atoms with van der Waals surface area (Å²) in [6.07, 6.45) is 0. The minimum Gasteiger partial charge on any atom is -0.397 e. The van der Waals surface area contributed by atoms with Crippen molar-refractivity contribution in [3.63, 3.8) is 0 Å². The van der Waals surface area contributed by atoms with Crippen molar-refractivity contribution in [3.05, 3.63) is 23.8 Å². The Morgan fingerprint density at radius 3 is 2.80 bits per heavy atom. The second-order valence-electron chi connectivity index (χ2n) is 5.16. The lowest BCUT2D eigenvalue weighted by atomic mass is 10.2. The number of carbonyl (C=O) groups excluding carboxylic acids is 2. The molecule has 1 heterocycles. The summed E-state index contributed by atoms with van der Waals surface area (Å²) < 4.78 is 0. The van der Waals surface area contributed by atoms with Gasteiger partial charge in [0.1, 0.15) is 0 Å². The normalized spacial score (nSPS) is 16.3. The van der Waals surface area contributed by atoms with Gasteiger partial charge in [0.05, 0.1) is 24.5 Å². The van der Waals surface area contributed by atoms with E-state index in [1.807, 2.05) is 24.0 Å². The molecule has 0 bridgehead atoms. The molecule has 1 fully saturated rings. The molecule has 0 radical (unpaired) electrons. The maximum atomic E-state index is 12.0. The lowest BCUT2D eigenvalue weighted by Gasteiger charge is -2.31. The number of rotatable bonds is 3. The number of benzene rings is 1. The molecule has 2 amide bonds. The molecule has 6 nitrogen and oxygen atoms in total. The van der Waals surface area contributed by atoms with Gasteiger partial charge in [-0.2, -0.15) is 0 Å². The molecule has 1 aliphatic heterocycles. The van der Waals surface area contributed by atoms with Crippen LogP contribution in [-0.4, -0.2) is 54.8 Å². The number of nitrogens with two attached hydrogens (primary N) is 1. The van der Waals surface area contributed by atoms with Crippen molar-refractivity contribution < 1.29 is 9.59 Å². The van der Waals surface area contributed by atoms with Gasteiger partial charge in [0.25, 0.3) is 0 Å². The van der Waals surface area contributed by atoms with Crippen molar-refractivity contribution in [1.82, 2.24) is 9.80 Å². The van der Waals surface area contributed by atoms with Crippen molar-refractivity contribution in [2.45, 2.75) is 6.92 Å². The number of nitrogens with one attached hydrogen (secondary N) is 1. The number of amides is 2. The Bertz CT molecular complexity index is 530. The van der Waals surface area contributed by atoms with Crippen molar-refractivity contribution in [2.75, 3.05) is 44.3 Å². The quantitative estimate of drug-likeness (QED) is 0.778. The summed E-state index contributed by atoms with van der Waals surface area (Å²) in [5.41, 5.74) is 8.06. The molecular weight excluding hydrogens is 256 g/mol. The van der Waals surface area contributed by atoms with Crippen molar-refractivity contribution in [2.24, 2.45) is 0 Å². The fraction of sp³-hybridized carbons (Fsp3) is 0.429. The van der Waals surface area contributed by atoms with Gasteiger partial charge in [0.2, 0.25) is 11.8 Å². The van der Waals surface area contributed by atoms with Crippen LogP contribution in [0.15, 0.2) is 18.2 Å². The average Bonchev–Trinajstić information content (AvgIpc) is 2.37. The van der Waals surface area contributed by atoms with E-state index in [1.54, 1.807) is 18.0 Å². The number of anilines is 2. The Balaban J connectivity index is 1.91. The third-order valence-corrected chi connectivity index (χ3v) is 3.38. The van der Waals surface area contributed by atoms with Crippen LogP contribution in [0.4, 0.5) is 11.4 Å². The third kappa shape index (κ3) is 3.48. The molecule has 20 heavy (non-hydrogen) atoms. The largest absolute Gasteiger partial charge is 0.397 e. The average molecular weight is 276 g/mol. The van der Waals surface area contributed by atoms with Crippen LogP contribution in [0.5, 0.6) is 0 Å². The van der Waals surface area contributed by atoms with Gasteiger partial charge in [-0.15, -0.1) is 0 Å². The number of nitrogens with zero attached hydrogens (tertiary/aromatic N) is 2. The maximum absolute atomic E-state index is 12.0. The number of nitrogen functional groups attached to an aromatic ring is 1. The number of hydrogen-bond acceptors (Lipinski definition) is 4. The highest BCUT2D eigenvalue weighted by Gasteiger charge is 2.22. The van der Waals surface area contributed by atoms with Crippen LogP contribution in [0.3, 0.4) is 0 Å². The minimum atomic E-state index is -0.155. The molecule has 0 aliphatic carbocycles. The molecule has 0 aromatic heterocycles. The highest BCUT2D eigenvalue weighted by atomic mass is 16.2. The lowest BCUT2D eigenvalue weighted by Crippen LogP contribution is -2.50. The standard InChI is InChI=1S/C14H20N4O2/c1-10-3-4-12(11(15)7-10)16-13(19)8-18-6-5-17(2)14(20)9-18/h3-4,7H,5-6,8-9,15H2,1-2H3,(H,16,19). The van der Waals surface area contributed by atoms with Gasteiger partial charge in [0.15, 0.2) is 0 Å². The molecule has 1 saturated heterocycles. The number of piperazine rings is 1. The molecule has 1 aromatic carbocycles. The van der Waals surface area contributed by atoms with E-state index in [-0.39, 0.29) is 24.9 Å². The SMILES string of the molecule is Cc1ccc(NC(=O)CN2CCN(C)C(=O)C2)c(N)c1. The van der Waals surface area contributed by atoms with E-state index in [1.165, 1.54) is 0 Å². The van der Waals surface area contributed by atoms with Crippen molar-refractivity contribution in [1.29, 1.82) is 0 Å². The maximum Gasteiger partial charge on any atom is 0.238 e.